The summed E-state index contributed by atoms with van der Waals surface area (Å²) >= 11 is 0. The van der Waals surface area contributed by atoms with Crippen molar-refractivity contribution in [2.75, 3.05) is 19.8 Å². The van der Waals surface area contributed by atoms with E-state index in [1.165, 1.54) is 0 Å². The average molecular weight is 156 g/mol. The Morgan fingerprint density at radius 2 is 2.18 bits per heavy atom. The molecule has 0 aromatic carbocycles. The fourth-order valence-corrected chi connectivity index (χ4v) is 1.30. The predicted octanol–water partition coefficient (Wildman–Crippen LogP) is 0.803. The number of piperidine rings is 1. The Morgan fingerprint density at radius 1 is 1.55 bits per heavy atom. The van der Waals surface area contributed by atoms with E-state index < -0.39 is 0 Å². The molecule has 0 aromatic rings. The lowest BCUT2D eigenvalue weighted by Gasteiger charge is -2.33. The normalized spacial score (nSPS) is 23.0. The highest BCUT2D eigenvalue weighted by atomic mass is 16.5. The lowest BCUT2D eigenvalue weighted by Crippen LogP contribution is -2.41. The van der Waals surface area contributed by atoms with Gasteiger partial charge < -0.3 is 10.1 Å². The first-order valence-corrected chi connectivity index (χ1v) is 4.04. The van der Waals surface area contributed by atoms with Crippen LogP contribution in [0.5, 0.6) is 0 Å². The summed E-state index contributed by atoms with van der Waals surface area (Å²) in [7, 11) is 0. The molecule has 0 aromatic heterocycles. The van der Waals surface area contributed by atoms with Crippen LogP contribution >= 0.6 is 0 Å². The summed E-state index contributed by atoms with van der Waals surface area (Å²) in [6.45, 7) is 8.05. The second kappa shape index (κ2) is 3.83. The zero-order chi connectivity index (χ0) is 8.16. The maximum Gasteiger partial charge on any atom is 0.137 e. The molecule has 0 bridgehead atoms. The van der Waals surface area contributed by atoms with Crippen molar-refractivity contribution >= 4 is 6.72 Å². The molecule has 0 unspecified atom stereocenters. The minimum absolute atomic E-state index is 0.0342. The van der Waals surface area contributed by atoms with Crippen LogP contribution in [0.15, 0.2) is 4.99 Å². The average Bonchev–Trinajstić information content (AvgIpc) is 2.03. The summed E-state index contributed by atoms with van der Waals surface area (Å²) < 4.78 is 5.55. The van der Waals surface area contributed by atoms with Crippen LogP contribution in [0.3, 0.4) is 0 Å². The van der Waals surface area contributed by atoms with Gasteiger partial charge in [0.05, 0.1) is 5.60 Å². The van der Waals surface area contributed by atoms with Crippen LogP contribution in [0.1, 0.15) is 19.8 Å². The molecule has 0 radical (unpaired) electrons. The highest BCUT2D eigenvalue weighted by Gasteiger charge is 2.26. The lowest BCUT2D eigenvalue weighted by molar-refractivity contribution is -0.0476. The maximum atomic E-state index is 5.55. The van der Waals surface area contributed by atoms with Crippen LogP contribution in [-0.4, -0.2) is 32.1 Å². The smallest absolute Gasteiger partial charge is 0.137 e. The van der Waals surface area contributed by atoms with E-state index in [1.54, 1.807) is 0 Å². The zero-order valence-corrected chi connectivity index (χ0v) is 7.10. The van der Waals surface area contributed by atoms with Crippen molar-refractivity contribution in [1.29, 1.82) is 0 Å². The largest absolute Gasteiger partial charge is 0.353 e. The molecule has 1 rings (SSSR count). The van der Waals surface area contributed by atoms with E-state index in [9.17, 15) is 0 Å². The number of nitrogens with one attached hydrogen (secondary N) is 1. The highest BCUT2D eigenvalue weighted by Crippen LogP contribution is 2.21. The predicted molar refractivity (Wildman–Crippen MR) is 46.0 cm³/mol. The van der Waals surface area contributed by atoms with Gasteiger partial charge in [-0.2, -0.15) is 0 Å². The van der Waals surface area contributed by atoms with Gasteiger partial charge in [-0.15, -0.1) is 0 Å². The summed E-state index contributed by atoms with van der Waals surface area (Å²) in [5.74, 6) is 0. The number of ether oxygens (including phenoxy) is 1. The van der Waals surface area contributed by atoms with Crippen LogP contribution in [0.2, 0.25) is 0 Å². The Hall–Kier alpha value is -0.410. The summed E-state index contributed by atoms with van der Waals surface area (Å²) in [5, 5.41) is 3.29. The summed E-state index contributed by atoms with van der Waals surface area (Å²) in [6, 6.07) is 0. The molecule has 0 saturated carbocycles. The minimum Gasteiger partial charge on any atom is -0.353 e. The van der Waals surface area contributed by atoms with Gasteiger partial charge in [0.1, 0.15) is 6.73 Å². The Labute approximate surface area is 67.8 Å². The van der Waals surface area contributed by atoms with Gasteiger partial charge in [-0.05, 0) is 39.6 Å². The van der Waals surface area contributed by atoms with Crippen molar-refractivity contribution < 1.29 is 4.74 Å². The monoisotopic (exact) mass is 156 g/mol. The summed E-state index contributed by atoms with van der Waals surface area (Å²) in [5.41, 5.74) is 0.0342. The van der Waals surface area contributed by atoms with Crippen LogP contribution in [0, 0.1) is 0 Å². The zero-order valence-electron chi connectivity index (χ0n) is 7.10. The molecule has 11 heavy (non-hydrogen) atoms. The van der Waals surface area contributed by atoms with Gasteiger partial charge in [-0.25, -0.2) is 0 Å². The molecule has 3 heteroatoms. The third kappa shape index (κ3) is 2.60. The number of hydrogen-bond donors (Lipinski definition) is 1. The number of aliphatic imine (C=N–C) groups is 1. The Morgan fingerprint density at radius 3 is 2.73 bits per heavy atom. The highest BCUT2D eigenvalue weighted by molar-refractivity contribution is 5.22. The third-order valence-electron chi connectivity index (χ3n) is 2.17. The molecular weight excluding hydrogens is 140 g/mol. The molecule has 1 saturated heterocycles. The molecule has 1 fully saturated rings. The summed E-state index contributed by atoms with van der Waals surface area (Å²) in [4.78, 5) is 3.68. The second-order valence-electron chi connectivity index (χ2n) is 3.20. The van der Waals surface area contributed by atoms with Crippen LogP contribution in [0.25, 0.3) is 0 Å². The lowest BCUT2D eigenvalue weighted by atomic mass is 9.95. The van der Waals surface area contributed by atoms with Gasteiger partial charge in [-0.3, -0.25) is 4.99 Å². The van der Waals surface area contributed by atoms with Gasteiger partial charge >= 0.3 is 0 Å². The Bertz CT molecular complexity index is 130. The van der Waals surface area contributed by atoms with E-state index in [0.717, 1.165) is 25.9 Å². The molecule has 1 aliphatic heterocycles. The van der Waals surface area contributed by atoms with Crippen molar-refractivity contribution in [3.05, 3.63) is 0 Å². The van der Waals surface area contributed by atoms with E-state index in [1.807, 2.05) is 0 Å². The van der Waals surface area contributed by atoms with E-state index in [2.05, 4.69) is 24.0 Å². The number of rotatable bonds is 3. The number of nitrogens with zero attached hydrogens (tertiary/aromatic N) is 1. The standard InChI is InChI=1S/C8H16N2O/c1-8(11-7-9-2)3-5-10-6-4-8/h10H,2-7H2,1H3. The van der Waals surface area contributed by atoms with Crippen molar-refractivity contribution in [2.45, 2.75) is 25.4 Å². The van der Waals surface area contributed by atoms with Crippen molar-refractivity contribution in [3.8, 4) is 0 Å². The SMILES string of the molecule is C=NCOC1(C)CCNCC1. The van der Waals surface area contributed by atoms with E-state index in [-0.39, 0.29) is 5.60 Å². The summed E-state index contributed by atoms with van der Waals surface area (Å²) in [6.07, 6.45) is 2.14. The van der Waals surface area contributed by atoms with Crippen molar-refractivity contribution in [1.82, 2.24) is 5.32 Å². The van der Waals surface area contributed by atoms with Gasteiger partial charge in [-0.1, -0.05) is 0 Å². The molecule has 1 N–H and O–H groups in total. The fraction of sp³-hybridized carbons (Fsp3) is 0.875. The van der Waals surface area contributed by atoms with Crippen molar-refractivity contribution in [3.63, 3.8) is 0 Å². The van der Waals surface area contributed by atoms with Crippen LogP contribution in [-0.2, 0) is 4.74 Å². The van der Waals surface area contributed by atoms with E-state index >= 15 is 0 Å². The van der Waals surface area contributed by atoms with Crippen molar-refractivity contribution in [2.24, 2.45) is 4.99 Å². The Kier molecular flexibility index (Phi) is 3.02. The molecule has 0 aliphatic carbocycles. The first kappa shape index (κ1) is 8.68. The second-order valence-corrected chi connectivity index (χ2v) is 3.20. The molecule has 0 atom stereocenters. The molecule has 1 aliphatic rings. The maximum absolute atomic E-state index is 5.55. The molecule has 3 nitrogen and oxygen atoms in total. The molecule has 1 heterocycles. The first-order valence-electron chi connectivity index (χ1n) is 4.04. The Balaban J connectivity index is 2.30. The van der Waals surface area contributed by atoms with Crippen LogP contribution < -0.4 is 5.32 Å². The fourth-order valence-electron chi connectivity index (χ4n) is 1.30. The van der Waals surface area contributed by atoms with Gasteiger partial charge in [0, 0.05) is 0 Å². The van der Waals surface area contributed by atoms with Crippen LogP contribution in [0.4, 0.5) is 0 Å². The van der Waals surface area contributed by atoms with Gasteiger partial charge in [0.15, 0.2) is 0 Å². The van der Waals surface area contributed by atoms with E-state index in [0.29, 0.717) is 6.73 Å². The third-order valence-corrected chi connectivity index (χ3v) is 2.17. The first-order chi connectivity index (χ1) is 5.27. The molecule has 0 spiro atoms. The van der Waals surface area contributed by atoms with Gasteiger partial charge in [0.25, 0.3) is 0 Å². The molecular formula is C8H16N2O. The molecule has 64 valence electrons. The minimum atomic E-state index is 0.0342. The topological polar surface area (TPSA) is 33.6 Å². The number of hydrogen-bond acceptors (Lipinski definition) is 3. The quantitative estimate of drug-likeness (QED) is 0.613. The van der Waals surface area contributed by atoms with Gasteiger partial charge in [0.2, 0.25) is 0 Å². The van der Waals surface area contributed by atoms with E-state index in [4.69, 9.17) is 4.74 Å². The molecule has 0 amide bonds.